The van der Waals surface area contributed by atoms with Gasteiger partial charge in [0.2, 0.25) is 5.88 Å². The number of pyridine rings is 1. The summed E-state index contributed by atoms with van der Waals surface area (Å²) < 4.78 is 38.6. The number of nitrogens with one attached hydrogen (secondary N) is 2. The molecule has 8 nitrogen and oxygen atoms in total. The molecule has 0 atom stereocenters. The maximum absolute atomic E-state index is 12.9. The predicted molar refractivity (Wildman–Crippen MR) is 114 cm³/mol. The molecule has 0 saturated heterocycles. The first-order valence-corrected chi connectivity index (χ1v) is 10.5. The van der Waals surface area contributed by atoms with Crippen LogP contribution in [-0.2, 0) is 10.0 Å². The van der Waals surface area contributed by atoms with Gasteiger partial charge in [-0.2, -0.15) is 0 Å². The lowest BCUT2D eigenvalue weighted by molar-refractivity contribution is 0.102. The molecule has 0 saturated carbocycles. The Hall–Kier alpha value is -3.30. The fourth-order valence-corrected chi connectivity index (χ4v) is 4.15. The maximum Gasteiger partial charge on any atom is 0.265 e. The van der Waals surface area contributed by atoms with Crippen molar-refractivity contribution in [2.24, 2.45) is 0 Å². The largest absolute Gasteiger partial charge is 0.495 e. The summed E-state index contributed by atoms with van der Waals surface area (Å²) in [5, 5.41) is 2.88. The number of methoxy groups -OCH3 is 2. The van der Waals surface area contributed by atoms with Crippen LogP contribution in [0.3, 0.4) is 0 Å². The summed E-state index contributed by atoms with van der Waals surface area (Å²) in [5.74, 6) is -0.254. The SMILES string of the molecule is COc1ccc(NC(=O)c2cccnc2OC)cc1S(=O)(=O)Nc1ccccc1Cl. The van der Waals surface area contributed by atoms with E-state index in [1.165, 1.54) is 44.7 Å². The van der Waals surface area contributed by atoms with E-state index in [-0.39, 0.29) is 38.5 Å². The molecule has 0 fully saturated rings. The Morgan fingerprint density at radius 1 is 1.03 bits per heavy atom. The molecule has 0 aliphatic heterocycles. The summed E-state index contributed by atoms with van der Waals surface area (Å²) in [6, 6.07) is 13.8. The van der Waals surface area contributed by atoms with Crippen LogP contribution in [0, 0.1) is 0 Å². The fourth-order valence-electron chi connectivity index (χ4n) is 2.63. The number of para-hydroxylation sites is 1. The predicted octanol–water partition coefficient (Wildman–Crippen LogP) is 3.81. The highest BCUT2D eigenvalue weighted by atomic mass is 35.5. The van der Waals surface area contributed by atoms with Crippen LogP contribution in [0.1, 0.15) is 10.4 Å². The number of carbonyl (C=O) groups excluding carboxylic acids is 1. The molecule has 3 aromatic rings. The number of hydrogen-bond donors (Lipinski definition) is 2. The van der Waals surface area contributed by atoms with Gasteiger partial charge in [0.25, 0.3) is 15.9 Å². The Bertz CT molecular complexity index is 1180. The highest BCUT2D eigenvalue weighted by Gasteiger charge is 2.22. The number of rotatable bonds is 7. The Morgan fingerprint density at radius 2 is 1.80 bits per heavy atom. The zero-order chi connectivity index (χ0) is 21.7. The van der Waals surface area contributed by atoms with E-state index in [4.69, 9.17) is 21.1 Å². The van der Waals surface area contributed by atoms with Crippen LogP contribution in [0.4, 0.5) is 11.4 Å². The van der Waals surface area contributed by atoms with Crippen molar-refractivity contribution in [1.29, 1.82) is 0 Å². The number of aromatic nitrogens is 1. The molecule has 1 aromatic heterocycles. The summed E-state index contributed by atoms with van der Waals surface area (Å²) in [7, 11) is -1.31. The lowest BCUT2D eigenvalue weighted by atomic mass is 10.2. The van der Waals surface area contributed by atoms with Crippen molar-refractivity contribution >= 4 is 38.9 Å². The smallest absolute Gasteiger partial charge is 0.265 e. The number of amides is 1. The summed E-state index contributed by atoms with van der Waals surface area (Å²) in [6.07, 6.45) is 1.49. The average molecular weight is 448 g/mol. The van der Waals surface area contributed by atoms with Crippen LogP contribution in [0.25, 0.3) is 0 Å². The molecule has 156 valence electrons. The molecular formula is C20H18ClN3O5S. The van der Waals surface area contributed by atoms with Crippen molar-refractivity contribution in [2.45, 2.75) is 4.90 Å². The highest BCUT2D eigenvalue weighted by Crippen LogP contribution is 2.31. The van der Waals surface area contributed by atoms with Crippen molar-refractivity contribution in [2.75, 3.05) is 24.3 Å². The fraction of sp³-hybridized carbons (Fsp3) is 0.100. The second kappa shape index (κ2) is 9.02. The molecule has 30 heavy (non-hydrogen) atoms. The molecule has 0 bridgehead atoms. The van der Waals surface area contributed by atoms with Crippen LogP contribution in [-0.4, -0.2) is 33.5 Å². The Morgan fingerprint density at radius 3 is 2.50 bits per heavy atom. The molecule has 0 aliphatic carbocycles. The monoisotopic (exact) mass is 447 g/mol. The minimum Gasteiger partial charge on any atom is -0.495 e. The molecule has 1 heterocycles. The molecule has 2 aromatic carbocycles. The van der Waals surface area contributed by atoms with Gasteiger partial charge < -0.3 is 14.8 Å². The summed E-state index contributed by atoms with van der Waals surface area (Å²) in [5.41, 5.74) is 0.663. The van der Waals surface area contributed by atoms with Gasteiger partial charge in [-0.25, -0.2) is 13.4 Å². The van der Waals surface area contributed by atoms with Gasteiger partial charge in [-0.3, -0.25) is 9.52 Å². The third-order valence-corrected chi connectivity index (χ3v) is 5.75. The third kappa shape index (κ3) is 4.64. The minimum absolute atomic E-state index is 0.103. The normalized spacial score (nSPS) is 10.9. The van der Waals surface area contributed by atoms with Crippen LogP contribution in [0.5, 0.6) is 11.6 Å². The van der Waals surface area contributed by atoms with Gasteiger partial charge in [0.1, 0.15) is 16.2 Å². The zero-order valence-corrected chi connectivity index (χ0v) is 17.6. The minimum atomic E-state index is -4.06. The standard InChI is InChI=1S/C20H18ClN3O5S/c1-28-17-10-9-13(23-19(25)14-6-5-11-22-20(14)29-2)12-18(17)30(26,27)24-16-8-4-3-7-15(16)21/h3-12,24H,1-2H3,(H,23,25). The molecule has 10 heteroatoms. The molecule has 0 aliphatic rings. The van der Waals surface area contributed by atoms with Crippen LogP contribution in [0.2, 0.25) is 5.02 Å². The zero-order valence-electron chi connectivity index (χ0n) is 16.0. The molecule has 0 radical (unpaired) electrons. The molecule has 0 unspecified atom stereocenters. The first kappa shape index (κ1) is 21.4. The van der Waals surface area contributed by atoms with E-state index >= 15 is 0 Å². The van der Waals surface area contributed by atoms with Gasteiger partial charge in [0, 0.05) is 11.9 Å². The van der Waals surface area contributed by atoms with Crippen LogP contribution >= 0.6 is 11.6 Å². The topological polar surface area (TPSA) is 107 Å². The van der Waals surface area contributed by atoms with E-state index in [1.54, 1.807) is 30.3 Å². The second-order valence-corrected chi connectivity index (χ2v) is 8.02. The number of sulfonamides is 1. The number of hydrogen-bond acceptors (Lipinski definition) is 6. The average Bonchev–Trinajstić information content (AvgIpc) is 2.75. The van der Waals surface area contributed by atoms with Crippen molar-refractivity contribution in [3.63, 3.8) is 0 Å². The first-order valence-electron chi connectivity index (χ1n) is 8.61. The number of ether oxygens (including phenoxy) is 2. The summed E-state index contributed by atoms with van der Waals surface area (Å²) in [6.45, 7) is 0. The van der Waals surface area contributed by atoms with Gasteiger partial charge in [-0.05, 0) is 42.5 Å². The number of halogens is 1. The summed E-state index contributed by atoms with van der Waals surface area (Å²) >= 11 is 6.05. The lowest BCUT2D eigenvalue weighted by Crippen LogP contribution is -2.17. The van der Waals surface area contributed by atoms with Gasteiger partial charge >= 0.3 is 0 Å². The van der Waals surface area contributed by atoms with Crippen molar-refractivity contribution in [3.05, 3.63) is 71.4 Å². The third-order valence-electron chi connectivity index (χ3n) is 4.04. The number of nitrogens with zero attached hydrogens (tertiary/aromatic N) is 1. The second-order valence-electron chi connectivity index (χ2n) is 5.97. The molecule has 2 N–H and O–H groups in total. The van der Waals surface area contributed by atoms with Crippen LogP contribution < -0.4 is 19.5 Å². The van der Waals surface area contributed by atoms with Gasteiger partial charge in [0.05, 0.1) is 24.9 Å². The molecular weight excluding hydrogens is 430 g/mol. The van der Waals surface area contributed by atoms with E-state index in [0.717, 1.165) is 0 Å². The van der Waals surface area contributed by atoms with E-state index in [1.807, 2.05) is 0 Å². The Kier molecular flexibility index (Phi) is 6.43. The lowest BCUT2D eigenvalue weighted by Gasteiger charge is -2.14. The quantitative estimate of drug-likeness (QED) is 0.570. The Balaban J connectivity index is 1.93. The van der Waals surface area contributed by atoms with Crippen molar-refractivity contribution in [1.82, 2.24) is 4.98 Å². The molecule has 0 spiro atoms. The summed E-state index contributed by atoms with van der Waals surface area (Å²) in [4.78, 5) is 16.4. The van der Waals surface area contributed by atoms with Crippen molar-refractivity contribution in [3.8, 4) is 11.6 Å². The molecule has 1 amide bonds. The van der Waals surface area contributed by atoms with Gasteiger partial charge in [0.15, 0.2) is 0 Å². The molecule has 3 rings (SSSR count). The van der Waals surface area contributed by atoms with E-state index in [2.05, 4.69) is 15.0 Å². The number of benzene rings is 2. The number of anilines is 2. The number of carbonyl (C=O) groups is 1. The van der Waals surface area contributed by atoms with Crippen molar-refractivity contribution < 1.29 is 22.7 Å². The highest BCUT2D eigenvalue weighted by molar-refractivity contribution is 7.92. The van der Waals surface area contributed by atoms with E-state index in [9.17, 15) is 13.2 Å². The maximum atomic E-state index is 12.9. The van der Waals surface area contributed by atoms with E-state index in [0.29, 0.717) is 0 Å². The Labute approximate surface area is 178 Å². The van der Waals surface area contributed by atoms with Crippen LogP contribution in [0.15, 0.2) is 65.7 Å². The van der Waals surface area contributed by atoms with Gasteiger partial charge in [-0.1, -0.05) is 23.7 Å². The van der Waals surface area contributed by atoms with Gasteiger partial charge in [-0.15, -0.1) is 0 Å². The first-order chi connectivity index (χ1) is 14.4. The van der Waals surface area contributed by atoms with E-state index < -0.39 is 15.9 Å².